The average Bonchev–Trinajstić information content (AvgIpc) is 2.68. The molecular formula is C22H24N2O4S. The molecule has 0 aromatic heterocycles. The first-order valence-electron chi connectivity index (χ1n) is 9.50. The van der Waals surface area contributed by atoms with Crippen molar-refractivity contribution in [1.29, 1.82) is 0 Å². The van der Waals surface area contributed by atoms with E-state index in [4.69, 9.17) is 4.74 Å². The Morgan fingerprint density at radius 2 is 1.90 bits per heavy atom. The van der Waals surface area contributed by atoms with Crippen LogP contribution in [0, 0.1) is 0 Å². The molecule has 0 bridgehead atoms. The van der Waals surface area contributed by atoms with Crippen LogP contribution in [0.1, 0.15) is 49.2 Å². The van der Waals surface area contributed by atoms with Crippen LogP contribution in [0.3, 0.4) is 0 Å². The van der Waals surface area contributed by atoms with Crippen molar-refractivity contribution in [2.75, 3.05) is 5.32 Å². The number of esters is 1. The molecule has 0 radical (unpaired) electrons. The lowest BCUT2D eigenvalue weighted by molar-refractivity contribution is -0.148. The standard InChI is InChI=1S/C22H24N2O4S/c1-13(2)28-20(25)12-17(15-7-5-4-6-8-15)23-22(27)16-9-10-19-18(11-16)24-21(26)14(3)29-19/h4-11,13-14,17H,12H2,1-3H3,(H,23,27)(H,24,26)/t14-,17+/m0/s1. The van der Waals surface area contributed by atoms with Gasteiger partial charge < -0.3 is 15.4 Å². The number of fused-ring (bicyclic) bond motifs is 1. The van der Waals surface area contributed by atoms with Crippen molar-refractivity contribution in [2.45, 2.75) is 49.5 Å². The van der Waals surface area contributed by atoms with Gasteiger partial charge in [-0.1, -0.05) is 30.3 Å². The Kier molecular flexibility index (Phi) is 6.59. The van der Waals surface area contributed by atoms with Gasteiger partial charge in [0, 0.05) is 10.5 Å². The lowest BCUT2D eigenvalue weighted by Crippen LogP contribution is -2.31. The second-order valence-corrected chi connectivity index (χ2v) is 8.52. The first-order chi connectivity index (χ1) is 13.8. The summed E-state index contributed by atoms with van der Waals surface area (Å²) in [6.07, 6.45) is -0.193. The van der Waals surface area contributed by atoms with Crippen LogP contribution >= 0.6 is 11.8 Å². The normalized spacial score (nSPS) is 16.6. The minimum Gasteiger partial charge on any atom is -0.463 e. The summed E-state index contributed by atoms with van der Waals surface area (Å²) in [4.78, 5) is 37.9. The number of anilines is 1. The first kappa shape index (κ1) is 20.9. The zero-order valence-corrected chi connectivity index (χ0v) is 17.4. The van der Waals surface area contributed by atoms with E-state index < -0.39 is 6.04 Å². The molecule has 2 N–H and O–H groups in total. The summed E-state index contributed by atoms with van der Waals surface area (Å²) in [5.74, 6) is -0.784. The van der Waals surface area contributed by atoms with Crippen LogP contribution in [0.15, 0.2) is 53.4 Å². The van der Waals surface area contributed by atoms with Gasteiger partial charge in [-0.3, -0.25) is 14.4 Å². The maximum Gasteiger partial charge on any atom is 0.308 e. The third kappa shape index (κ3) is 5.38. The summed E-state index contributed by atoms with van der Waals surface area (Å²) in [6.45, 7) is 5.41. The highest BCUT2D eigenvalue weighted by molar-refractivity contribution is 8.00. The maximum atomic E-state index is 12.9. The number of carbonyl (C=O) groups is 3. The van der Waals surface area contributed by atoms with Crippen LogP contribution in [0.25, 0.3) is 0 Å². The highest BCUT2D eigenvalue weighted by atomic mass is 32.2. The number of ether oxygens (including phenoxy) is 1. The Balaban J connectivity index is 1.78. The van der Waals surface area contributed by atoms with Crippen molar-refractivity contribution >= 4 is 35.2 Å². The van der Waals surface area contributed by atoms with Crippen LogP contribution in [-0.2, 0) is 14.3 Å². The second-order valence-electron chi connectivity index (χ2n) is 7.14. The Morgan fingerprint density at radius 3 is 2.59 bits per heavy atom. The highest BCUT2D eigenvalue weighted by Gasteiger charge is 2.25. The predicted molar refractivity (Wildman–Crippen MR) is 113 cm³/mol. The van der Waals surface area contributed by atoms with Gasteiger partial charge in [0.25, 0.3) is 5.91 Å². The number of rotatable bonds is 6. The van der Waals surface area contributed by atoms with Gasteiger partial charge in [0.2, 0.25) is 5.91 Å². The zero-order valence-electron chi connectivity index (χ0n) is 16.6. The molecule has 2 aromatic carbocycles. The summed E-state index contributed by atoms with van der Waals surface area (Å²) in [6, 6.07) is 14.0. The minimum absolute atomic E-state index is 0.0307. The van der Waals surface area contributed by atoms with E-state index in [1.165, 1.54) is 11.8 Å². The van der Waals surface area contributed by atoms with E-state index in [-0.39, 0.29) is 35.6 Å². The summed E-state index contributed by atoms with van der Waals surface area (Å²) in [7, 11) is 0. The quantitative estimate of drug-likeness (QED) is 0.702. The van der Waals surface area contributed by atoms with Crippen molar-refractivity contribution in [3.05, 3.63) is 59.7 Å². The molecule has 1 heterocycles. The van der Waals surface area contributed by atoms with Crippen molar-refractivity contribution in [1.82, 2.24) is 5.32 Å². The van der Waals surface area contributed by atoms with Crippen LogP contribution in [0.4, 0.5) is 5.69 Å². The van der Waals surface area contributed by atoms with Gasteiger partial charge in [0.1, 0.15) is 0 Å². The SMILES string of the molecule is CC(C)OC(=O)C[C@@H](NC(=O)c1ccc2c(c1)NC(=O)[C@H](C)S2)c1ccccc1. The van der Waals surface area contributed by atoms with Gasteiger partial charge in [-0.15, -0.1) is 11.8 Å². The van der Waals surface area contributed by atoms with Crippen molar-refractivity contribution in [3.8, 4) is 0 Å². The van der Waals surface area contributed by atoms with E-state index in [1.807, 2.05) is 43.3 Å². The molecule has 6 nitrogen and oxygen atoms in total. The van der Waals surface area contributed by atoms with E-state index in [2.05, 4.69) is 10.6 Å². The topological polar surface area (TPSA) is 84.5 Å². The monoisotopic (exact) mass is 412 g/mol. The van der Waals surface area contributed by atoms with Crippen molar-refractivity contribution in [2.24, 2.45) is 0 Å². The number of amides is 2. The lowest BCUT2D eigenvalue weighted by Gasteiger charge is -2.23. The first-order valence-corrected chi connectivity index (χ1v) is 10.4. The Hall–Kier alpha value is -2.80. The molecule has 2 amide bonds. The summed E-state index contributed by atoms with van der Waals surface area (Å²) in [5, 5.41) is 5.58. The van der Waals surface area contributed by atoms with E-state index in [9.17, 15) is 14.4 Å². The maximum absolute atomic E-state index is 12.9. The van der Waals surface area contributed by atoms with Gasteiger partial charge in [0.15, 0.2) is 0 Å². The molecule has 0 fully saturated rings. The van der Waals surface area contributed by atoms with Crippen LogP contribution < -0.4 is 10.6 Å². The fraction of sp³-hybridized carbons (Fsp3) is 0.318. The summed E-state index contributed by atoms with van der Waals surface area (Å²) < 4.78 is 5.25. The van der Waals surface area contributed by atoms with E-state index in [0.29, 0.717) is 11.3 Å². The Bertz CT molecular complexity index is 914. The number of nitrogens with one attached hydrogen (secondary N) is 2. The number of hydrogen-bond acceptors (Lipinski definition) is 5. The van der Waals surface area contributed by atoms with Gasteiger partial charge in [-0.25, -0.2) is 0 Å². The molecule has 152 valence electrons. The largest absolute Gasteiger partial charge is 0.463 e. The third-order valence-electron chi connectivity index (χ3n) is 4.42. The van der Waals surface area contributed by atoms with Crippen LogP contribution in [-0.4, -0.2) is 29.1 Å². The van der Waals surface area contributed by atoms with Crippen LogP contribution in [0.2, 0.25) is 0 Å². The molecule has 7 heteroatoms. The molecule has 1 aliphatic heterocycles. The lowest BCUT2D eigenvalue weighted by atomic mass is 10.0. The van der Waals surface area contributed by atoms with E-state index in [1.54, 1.807) is 26.0 Å². The highest BCUT2D eigenvalue weighted by Crippen LogP contribution is 2.36. The zero-order chi connectivity index (χ0) is 21.0. The van der Waals surface area contributed by atoms with Crippen molar-refractivity contribution in [3.63, 3.8) is 0 Å². The fourth-order valence-corrected chi connectivity index (χ4v) is 3.94. The van der Waals surface area contributed by atoms with Gasteiger partial charge in [0.05, 0.1) is 29.5 Å². The molecule has 1 aliphatic rings. The fourth-order valence-electron chi connectivity index (χ4n) is 3.01. The predicted octanol–water partition coefficient (Wildman–Crippen LogP) is 3.93. The molecule has 0 aliphatic carbocycles. The Morgan fingerprint density at radius 1 is 1.17 bits per heavy atom. The molecular weight excluding hydrogens is 388 g/mol. The number of hydrogen-bond donors (Lipinski definition) is 2. The average molecular weight is 413 g/mol. The molecule has 0 saturated heterocycles. The number of carbonyl (C=O) groups excluding carboxylic acids is 3. The molecule has 0 spiro atoms. The smallest absolute Gasteiger partial charge is 0.308 e. The van der Waals surface area contributed by atoms with Gasteiger partial charge >= 0.3 is 5.97 Å². The van der Waals surface area contributed by atoms with Crippen molar-refractivity contribution < 1.29 is 19.1 Å². The minimum atomic E-state index is -0.519. The summed E-state index contributed by atoms with van der Waals surface area (Å²) >= 11 is 1.46. The molecule has 2 aromatic rings. The van der Waals surface area contributed by atoms with Gasteiger partial charge in [-0.05, 0) is 44.5 Å². The summed E-state index contributed by atoms with van der Waals surface area (Å²) in [5.41, 5.74) is 1.86. The van der Waals surface area contributed by atoms with E-state index >= 15 is 0 Å². The third-order valence-corrected chi connectivity index (χ3v) is 5.60. The number of thioether (sulfide) groups is 1. The number of benzene rings is 2. The molecule has 0 saturated carbocycles. The molecule has 29 heavy (non-hydrogen) atoms. The molecule has 2 atom stereocenters. The molecule has 3 rings (SSSR count). The molecule has 0 unspecified atom stereocenters. The van der Waals surface area contributed by atoms with E-state index in [0.717, 1.165) is 10.5 Å². The Labute approximate surface area is 174 Å². The van der Waals surface area contributed by atoms with Gasteiger partial charge in [-0.2, -0.15) is 0 Å². The second kappa shape index (κ2) is 9.13. The van der Waals surface area contributed by atoms with Crippen LogP contribution in [0.5, 0.6) is 0 Å².